The molecule has 0 aliphatic heterocycles. The number of ether oxygens (including phenoxy) is 1. The lowest BCUT2D eigenvalue weighted by atomic mass is 10.3. The molecule has 0 unspecified atom stereocenters. The fourth-order valence-electron chi connectivity index (χ4n) is 1.32. The van der Waals surface area contributed by atoms with Gasteiger partial charge in [-0.25, -0.2) is 0 Å². The first-order valence-electron chi connectivity index (χ1n) is 5.97. The van der Waals surface area contributed by atoms with E-state index in [1.165, 1.54) is 5.56 Å². The van der Waals surface area contributed by atoms with Crippen LogP contribution in [0.2, 0.25) is 0 Å². The molecule has 0 radical (unpaired) electrons. The minimum Gasteiger partial charge on any atom is -0.383 e. The van der Waals surface area contributed by atoms with Crippen molar-refractivity contribution in [1.29, 1.82) is 0 Å². The summed E-state index contributed by atoms with van der Waals surface area (Å²) in [6, 6.07) is 2.04. The molecule has 1 rings (SSSR count). The highest BCUT2D eigenvalue weighted by molar-refractivity contribution is 14.0. The molecule has 8 heteroatoms. The number of hydrogen-bond acceptors (Lipinski definition) is 4. The first kappa shape index (κ1) is 19.1. The van der Waals surface area contributed by atoms with Crippen LogP contribution in [0.15, 0.2) is 21.8 Å². The van der Waals surface area contributed by atoms with Gasteiger partial charge in [0.05, 0.1) is 13.2 Å². The van der Waals surface area contributed by atoms with Crippen LogP contribution in [0, 0.1) is 0 Å². The lowest BCUT2D eigenvalue weighted by Gasteiger charge is -2.11. The molecule has 0 saturated carbocycles. The molecule has 0 aromatic carbocycles. The topological polar surface area (TPSA) is 74.8 Å². The molecule has 1 aromatic rings. The van der Waals surface area contributed by atoms with Gasteiger partial charge in [0.15, 0.2) is 5.96 Å². The Hall–Kier alpha value is -0.870. The number of halogens is 1. The molecular formula is C12H21IN4O2S. The number of aliphatic imine (C=N–C) groups is 1. The first-order valence-corrected chi connectivity index (χ1v) is 6.91. The van der Waals surface area contributed by atoms with E-state index in [9.17, 15) is 4.79 Å². The van der Waals surface area contributed by atoms with E-state index in [-0.39, 0.29) is 36.4 Å². The Bertz CT molecular complexity index is 398. The van der Waals surface area contributed by atoms with Crippen molar-refractivity contribution >= 4 is 47.2 Å². The Morgan fingerprint density at radius 3 is 2.80 bits per heavy atom. The molecular weight excluding hydrogens is 391 g/mol. The van der Waals surface area contributed by atoms with Crippen LogP contribution >= 0.6 is 35.3 Å². The summed E-state index contributed by atoms with van der Waals surface area (Å²) in [5, 5.41) is 12.9. The average molecular weight is 412 g/mol. The molecule has 0 spiro atoms. The van der Waals surface area contributed by atoms with Crippen molar-refractivity contribution in [2.45, 2.75) is 6.54 Å². The molecule has 1 aromatic heterocycles. The van der Waals surface area contributed by atoms with E-state index in [0.717, 1.165) is 0 Å². The second-order valence-electron chi connectivity index (χ2n) is 3.75. The molecule has 0 bridgehead atoms. The van der Waals surface area contributed by atoms with Gasteiger partial charge >= 0.3 is 0 Å². The molecule has 0 aliphatic rings. The number of nitrogens with zero attached hydrogens (tertiary/aromatic N) is 1. The summed E-state index contributed by atoms with van der Waals surface area (Å²) < 4.78 is 4.85. The highest BCUT2D eigenvalue weighted by Crippen LogP contribution is 2.04. The van der Waals surface area contributed by atoms with E-state index in [1.54, 1.807) is 25.5 Å². The highest BCUT2D eigenvalue weighted by Gasteiger charge is 2.03. The van der Waals surface area contributed by atoms with Crippen molar-refractivity contribution in [2.24, 2.45) is 4.99 Å². The van der Waals surface area contributed by atoms with Gasteiger partial charge in [-0.15, -0.1) is 24.0 Å². The number of methoxy groups -OCH3 is 1. The number of thiophene rings is 1. The van der Waals surface area contributed by atoms with Crippen molar-refractivity contribution in [1.82, 2.24) is 16.0 Å². The number of carbonyl (C=O) groups is 1. The minimum atomic E-state index is -0.0875. The predicted octanol–water partition coefficient (Wildman–Crippen LogP) is 0.794. The number of amides is 1. The molecule has 1 amide bonds. The summed E-state index contributed by atoms with van der Waals surface area (Å²) >= 11 is 1.65. The van der Waals surface area contributed by atoms with Crippen LogP contribution in [0.4, 0.5) is 0 Å². The monoisotopic (exact) mass is 412 g/mol. The Morgan fingerprint density at radius 2 is 2.20 bits per heavy atom. The fraction of sp³-hybridized carbons (Fsp3) is 0.500. The largest absolute Gasteiger partial charge is 0.383 e. The number of rotatable bonds is 7. The molecule has 0 fully saturated rings. The summed E-state index contributed by atoms with van der Waals surface area (Å²) in [6.45, 7) is 1.90. The maximum absolute atomic E-state index is 11.5. The van der Waals surface area contributed by atoms with E-state index in [4.69, 9.17) is 4.74 Å². The van der Waals surface area contributed by atoms with Gasteiger partial charge in [0.2, 0.25) is 5.91 Å². The van der Waals surface area contributed by atoms with E-state index in [2.05, 4.69) is 26.3 Å². The lowest BCUT2D eigenvalue weighted by Crippen LogP contribution is -2.43. The van der Waals surface area contributed by atoms with E-state index in [0.29, 0.717) is 25.7 Å². The normalized spacial score (nSPS) is 10.6. The molecule has 0 saturated heterocycles. The van der Waals surface area contributed by atoms with Gasteiger partial charge in [-0.1, -0.05) is 0 Å². The highest BCUT2D eigenvalue weighted by atomic mass is 127. The SMILES string of the molecule is CN=C(NCC(=O)NCCOC)NCc1ccsc1.I. The lowest BCUT2D eigenvalue weighted by molar-refractivity contribution is -0.120. The number of nitrogens with one attached hydrogen (secondary N) is 3. The number of guanidine groups is 1. The van der Waals surface area contributed by atoms with Gasteiger partial charge in [0.25, 0.3) is 0 Å². The zero-order chi connectivity index (χ0) is 13.9. The molecule has 6 nitrogen and oxygen atoms in total. The summed E-state index contributed by atoms with van der Waals surface area (Å²) in [5.41, 5.74) is 1.19. The van der Waals surface area contributed by atoms with Crippen LogP contribution in [0.5, 0.6) is 0 Å². The Labute approximate surface area is 140 Å². The van der Waals surface area contributed by atoms with E-state index in [1.807, 2.05) is 11.4 Å². The predicted molar refractivity (Wildman–Crippen MR) is 92.8 cm³/mol. The summed E-state index contributed by atoms with van der Waals surface area (Å²) in [7, 11) is 3.27. The third-order valence-electron chi connectivity index (χ3n) is 2.31. The van der Waals surface area contributed by atoms with Gasteiger partial charge in [-0.3, -0.25) is 9.79 Å². The summed E-state index contributed by atoms with van der Waals surface area (Å²) in [6.07, 6.45) is 0. The van der Waals surface area contributed by atoms with Crippen LogP contribution in [-0.4, -0.2) is 45.7 Å². The standard InChI is InChI=1S/C12H20N4O2S.HI/c1-13-12(15-7-10-3-6-19-9-10)16-8-11(17)14-4-5-18-2;/h3,6,9H,4-5,7-8H2,1-2H3,(H,14,17)(H2,13,15,16);1H. The summed E-state index contributed by atoms with van der Waals surface area (Å²) in [5.74, 6) is 0.517. The van der Waals surface area contributed by atoms with Crippen LogP contribution < -0.4 is 16.0 Å². The Kier molecular flexibility index (Phi) is 11.4. The molecule has 0 aliphatic carbocycles. The fourth-order valence-corrected chi connectivity index (χ4v) is 1.99. The Morgan fingerprint density at radius 1 is 1.40 bits per heavy atom. The van der Waals surface area contributed by atoms with Gasteiger partial charge in [0, 0.05) is 27.2 Å². The second-order valence-corrected chi connectivity index (χ2v) is 4.53. The summed E-state index contributed by atoms with van der Waals surface area (Å²) in [4.78, 5) is 15.5. The molecule has 1 heterocycles. The smallest absolute Gasteiger partial charge is 0.239 e. The van der Waals surface area contributed by atoms with Gasteiger partial charge in [-0.2, -0.15) is 11.3 Å². The van der Waals surface area contributed by atoms with Crippen molar-refractivity contribution in [3.63, 3.8) is 0 Å². The maximum atomic E-state index is 11.5. The average Bonchev–Trinajstić information content (AvgIpc) is 2.92. The number of hydrogen-bond donors (Lipinski definition) is 3. The Balaban J connectivity index is 0.00000361. The molecule has 0 atom stereocenters. The van der Waals surface area contributed by atoms with Gasteiger partial charge < -0.3 is 20.7 Å². The van der Waals surface area contributed by atoms with Gasteiger partial charge in [-0.05, 0) is 22.4 Å². The van der Waals surface area contributed by atoms with Crippen LogP contribution in [0.25, 0.3) is 0 Å². The van der Waals surface area contributed by atoms with Crippen molar-refractivity contribution in [2.75, 3.05) is 33.9 Å². The van der Waals surface area contributed by atoms with Crippen molar-refractivity contribution in [3.8, 4) is 0 Å². The molecule has 3 N–H and O–H groups in total. The van der Waals surface area contributed by atoms with Crippen molar-refractivity contribution < 1.29 is 9.53 Å². The molecule has 20 heavy (non-hydrogen) atoms. The third kappa shape index (κ3) is 8.33. The first-order chi connectivity index (χ1) is 9.26. The second kappa shape index (κ2) is 11.9. The molecule has 114 valence electrons. The van der Waals surface area contributed by atoms with Crippen LogP contribution in [0.1, 0.15) is 5.56 Å². The number of carbonyl (C=O) groups excluding carboxylic acids is 1. The van der Waals surface area contributed by atoms with E-state index >= 15 is 0 Å². The van der Waals surface area contributed by atoms with Crippen molar-refractivity contribution in [3.05, 3.63) is 22.4 Å². The minimum absolute atomic E-state index is 0. The van der Waals surface area contributed by atoms with E-state index < -0.39 is 0 Å². The third-order valence-corrected chi connectivity index (χ3v) is 3.04. The zero-order valence-electron chi connectivity index (χ0n) is 11.6. The quantitative estimate of drug-likeness (QED) is 0.268. The van der Waals surface area contributed by atoms with Crippen LogP contribution in [-0.2, 0) is 16.1 Å². The maximum Gasteiger partial charge on any atom is 0.239 e. The van der Waals surface area contributed by atoms with Crippen LogP contribution in [0.3, 0.4) is 0 Å². The zero-order valence-corrected chi connectivity index (χ0v) is 14.8. The van der Waals surface area contributed by atoms with Gasteiger partial charge in [0.1, 0.15) is 0 Å².